The number of ether oxygens (including phenoxy) is 1. The van der Waals surface area contributed by atoms with Crippen LogP contribution in [0.5, 0.6) is 5.75 Å². The first-order chi connectivity index (χ1) is 15.8. The Kier molecular flexibility index (Phi) is 8.07. The van der Waals surface area contributed by atoms with Crippen LogP contribution in [-0.2, 0) is 6.42 Å². The van der Waals surface area contributed by atoms with E-state index < -0.39 is 0 Å². The van der Waals surface area contributed by atoms with E-state index in [1.807, 2.05) is 57.1 Å². The zero-order valence-corrected chi connectivity index (χ0v) is 20.7. The van der Waals surface area contributed by atoms with Crippen LogP contribution >= 0.6 is 11.3 Å². The van der Waals surface area contributed by atoms with Gasteiger partial charge in [-0.2, -0.15) is 5.26 Å². The number of rotatable bonds is 7. The summed E-state index contributed by atoms with van der Waals surface area (Å²) in [6.07, 6.45) is 2.25. The summed E-state index contributed by atoms with van der Waals surface area (Å²) in [4.78, 5) is 2.01. The normalized spacial score (nSPS) is 14.0. The van der Waals surface area contributed by atoms with Crippen molar-refractivity contribution in [1.29, 1.82) is 5.26 Å². The van der Waals surface area contributed by atoms with E-state index >= 15 is 0 Å². The molecule has 1 aliphatic rings. The van der Waals surface area contributed by atoms with E-state index in [1.165, 1.54) is 23.6 Å². The maximum atomic E-state index is 7.32. The fourth-order valence-electron chi connectivity index (χ4n) is 3.73. The van der Waals surface area contributed by atoms with Crippen LogP contribution in [0.25, 0.3) is 21.1 Å². The van der Waals surface area contributed by atoms with Gasteiger partial charge in [0.1, 0.15) is 15.8 Å². The van der Waals surface area contributed by atoms with Gasteiger partial charge in [0.2, 0.25) is 0 Å². The van der Waals surface area contributed by atoms with Gasteiger partial charge in [0, 0.05) is 32.1 Å². The molecule has 0 bridgehead atoms. The molecule has 6 nitrogen and oxygen atoms in total. The first-order valence-corrected chi connectivity index (χ1v) is 11.8. The molecule has 0 amide bonds. The lowest BCUT2D eigenvalue weighted by atomic mass is 10.0. The lowest BCUT2D eigenvalue weighted by Crippen LogP contribution is -2.27. The van der Waals surface area contributed by atoms with Crippen molar-refractivity contribution < 1.29 is 4.74 Å². The number of nitriles is 1. The van der Waals surface area contributed by atoms with E-state index in [9.17, 15) is 0 Å². The molecule has 0 saturated heterocycles. The van der Waals surface area contributed by atoms with E-state index in [1.54, 1.807) is 17.4 Å². The molecule has 2 aromatic carbocycles. The molecule has 0 spiro atoms. The van der Waals surface area contributed by atoms with E-state index in [0.717, 1.165) is 40.0 Å². The summed E-state index contributed by atoms with van der Waals surface area (Å²) in [6.45, 7) is 9.60. The molecule has 0 radical (unpaired) electrons. The predicted molar refractivity (Wildman–Crippen MR) is 135 cm³/mol. The molecule has 1 atom stereocenters. The van der Waals surface area contributed by atoms with Crippen LogP contribution in [0.1, 0.15) is 44.4 Å². The van der Waals surface area contributed by atoms with E-state index in [2.05, 4.69) is 40.3 Å². The first kappa shape index (κ1) is 24.3. The molecule has 0 aliphatic heterocycles. The highest BCUT2D eigenvalue weighted by molar-refractivity contribution is 7.17. The summed E-state index contributed by atoms with van der Waals surface area (Å²) in [7, 11) is 4.01. The summed E-state index contributed by atoms with van der Waals surface area (Å²) in [5.74, 6) is 1.80. The third-order valence-corrected chi connectivity index (χ3v) is 6.29. The van der Waals surface area contributed by atoms with Gasteiger partial charge in [-0.3, -0.25) is 0 Å². The number of nitrogens with zero attached hydrogens (tertiary/aromatic N) is 4. The van der Waals surface area contributed by atoms with Gasteiger partial charge >= 0.3 is 0 Å². The predicted octanol–water partition coefficient (Wildman–Crippen LogP) is 5.80. The average Bonchev–Trinajstić information content (AvgIpc) is 3.42. The standard InChI is InChI=1S/C24H28N4OS.C2H3N/c1-15(2)29-18-11-9-17(10-12-18)23-26-27-24(30-23)21-8-6-7-20-19(21)13-14-22(20)25-16(3)28(4)5;1-2-3/h6-12,15,22,25H,3,13-14H2,1-2,4-5H3;1H3. The van der Waals surface area contributed by atoms with Crippen LogP contribution in [0, 0.1) is 11.3 Å². The van der Waals surface area contributed by atoms with Crippen molar-refractivity contribution in [3.8, 4) is 33.0 Å². The minimum Gasteiger partial charge on any atom is -0.491 e. The molecule has 0 fully saturated rings. The maximum Gasteiger partial charge on any atom is 0.148 e. The van der Waals surface area contributed by atoms with Gasteiger partial charge in [0.05, 0.1) is 24.0 Å². The van der Waals surface area contributed by atoms with Crippen molar-refractivity contribution in [1.82, 2.24) is 20.4 Å². The van der Waals surface area contributed by atoms with Crippen LogP contribution in [-0.4, -0.2) is 35.3 Å². The molecule has 1 heterocycles. The van der Waals surface area contributed by atoms with E-state index in [-0.39, 0.29) is 12.1 Å². The van der Waals surface area contributed by atoms with E-state index in [4.69, 9.17) is 10.00 Å². The number of aromatic nitrogens is 2. The molecule has 172 valence electrons. The molecule has 1 aliphatic carbocycles. The second-order valence-electron chi connectivity index (χ2n) is 8.28. The minimum absolute atomic E-state index is 0.164. The molecule has 33 heavy (non-hydrogen) atoms. The molecule has 1 aromatic heterocycles. The van der Waals surface area contributed by atoms with Gasteiger partial charge in [0.15, 0.2) is 0 Å². The Labute approximate surface area is 200 Å². The van der Waals surface area contributed by atoms with Gasteiger partial charge in [0.25, 0.3) is 0 Å². The van der Waals surface area contributed by atoms with Crippen LogP contribution < -0.4 is 10.1 Å². The fraction of sp³-hybridized carbons (Fsp3) is 0.346. The van der Waals surface area contributed by atoms with Crippen LogP contribution in [0.2, 0.25) is 0 Å². The van der Waals surface area contributed by atoms with Gasteiger partial charge in [-0.25, -0.2) is 0 Å². The monoisotopic (exact) mass is 461 g/mol. The Balaban J connectivity index is 0.000000968. The Hall–Kier alpha value is -3.37. The molecular weight excluding hydrogens is 430 g/mol. The summed E-state index contributed by atoms with van der Waals surface area (Å²) >= 11 is 1.64. The zero-order chi connectivity index (χ0) is 24.0. The SMILES string of the molecule is C=C(NC1CCc2c(-c3nnc(-c4ccc(OC(C)C)cc4)s3)cccc21)N(C)C.CC#N. The number of benzene rings is 2. The number of fused-ring (bicyclic) bond motifs is 1. The minimum atomic E-state index is 0.164. The van der Waals surface area contributed by atoms with Crippen molar-refractivity contribution in [3.63, 3.8) is 0 Å². The smallest absolute Gasteiger partial charge is 0.148 e. The average molecular weight is 462 g/mol. The van der Waals surface area contributed by atoms with Crippen molar-refractivity contribution >= 4 is 11.3 Å². The van der Waals surface area contributed by atoms with Crippen molar-refractivity contribution in [2.75, 3.05) is 14.1 Å². The van der Waals surface area contributed by atoms with E-state index in [0.29, 0.717) is 0 Å². The van der Waals surface area contributed by atoms with Crippen LogP contribution in [0.3, 0.4) is 0 Å². The molecule has 3 aromatic rings. The lowest BCUT2D eigenvalue weighted by molar-refractivity contribution is 0.242. The van der Waals surface area contributed by atoms with Gasteiger partial charge in [-0.15, -0.1) is 10.2 Å². The maximum absolute atomic E-state index is 7.32. The third-order valence-electron chi connectivity index (χ3n) is 5.28. The molecule has 0 saturated carbocycles. The second-order valence-corrected chi connectivity index (χ2v) is 9.25. The summed E-state index contributed by atoms with van der Waals surface area (Å²) in [5, 5.41) is 21.7. The van der Waals surface area contributed by atoms with Crippen molar-refractivity contribution in [2.45, 2.75) is 45.8 Å². The Morgan fingerprint density at radius 3 is 2.48 bits per heavy atom. The Morgan fingerprint density at radius 1 is 1.18 bits per heavy atom. The molecule has 7 heteroatoms. The number of hydrogen-bond acceptors (Lipinski definition) is 7. The first-order valence-electron chi connectivity index (χ1n) is 11.0. The molecule has 1 unspecified atom stereocenters. The highest BCUT2D eigenvalue weighted by atomic mass is 32.1. The molecular formula is C26H31N5OS. The summed E-state index contributed by atoms with van der Waals surface area (Å²) < 4.78 is 5.73. The fourth-order valence-corrected chi connectivity index (χ4v) is 4.63. The zero-order valence-electron chi connectivity index (χ0n) is 19.9. The molecule has 1 N–H and O–H groups in total. The van der Waals surface area contributed by atoms with Gasteiger partial charge in [-0.1, -0.05) is 36.1 Å². The Bertz CT molecular complexity index is 1130. The summed E-state index contributed by atoms with van der Waals surface area (Å²) in [6, 6.07) is 16.6. The van der Waals surface area contributed by atoms with Crippen LogP contribution in [0.4, 0.5) is 0 Å². The number of hydrogen-bond donors (Lipinski definition) is 1. The molecule has 4 rings (SSSR count). The Morgan fingerprint density at radius 2 is 1.85 bits per heavy atom. The van der Waals surface area contributed by atoms with Gasteiger partial charge in [-0.05, 0) is 62.1 Å². The highest BCUT2D eigenvalue weighted by Gasteiger charge is 2.26. The lowest BCUT2D eigenvalue weighted by Gasteiger charge is -2.22. The van der Waals surface area contributed by atoms with Crippen molar-refractivity contribution in [3.05, 3.63) is 66.0 Å². The van der Waals surface area contributed by atoms with Crippen molar-refractivity contribution in [2.24, 2.45) is 0 Å². The quantitative estimate of drug-likeness (QED) is 0.479. The highest BCUT2D eigenvalue weighted by Crippen LogP contribution is 2.40. The largest absolute Gasteiger partial charge is 0.491 e. The topological polar surface area (TPSA) is 74.1 Å². The second kappa shape index (κ2) is 11.0. The van der Waals surface area contributed by atoms with Crippen LogP contribution in [0.15, 0.2) is 54.9 Å². The summed E-state index contributed by atoms with van der Waals surface area (Å²) in [5.41, 5.74) is 4.95. The number of nitrogens with one attached hydrogen (secondary N) is 1. The van der Waals surface area contributed by atoms with Gasteiger partial charge < -0.3 is 15.0 Å². The third kappa shape index (κ3) is 5.91.